The smallest absolute Gasteiger partial charge is 0.414 e. The summed E-state index contributed by atoms with van der Waals surface area (Å²) in [6, 6.07) is 9.95. The van der Waals surface area contributed by atoms with Crippen LogP contribution in [0.4, 0.5) is 14.9 Å². The lowest BCUT2D eigenvalue weighted by molar-refractivity contribution is -0.109. The third kappa shape index (κ3) is 3.41. The van der Waals surface area contributed by atoms with E-state index >= 15 is 0 Å². The molecule has 2 aromatic heterocycles. The number of ether oxygens (including phenoxy) is 1. The number of rotatable bonds is 6. The van der Waals surface area contributed by atoms with Gasteiger partial charge in [-0.05, 0) is 30.3 Å². The number of carbonyl (C=O) groups excluding carboxylic acids is 2. The van der Waals surface area contributed by atoms with E-state index in [1.165, 1.54) is 15.6 Å². The summed E-state index contributed by atoms with van der Waals surface area (Å²) in [5.74, 6) is -0.532. The van der Waals surface area contributed by atoms with Gasteiger partial charge in [-0.15, -0.1) is 0 Å². The topological polar surface area (TPSA) is 89.4 Å². The molecule has 1 N–H and O–H groups in total. The summed E-state index contributed by atoms with van der Waals surface area (Å²) in [6.07, 6.45) is 4.45. The molecular weight excluding hydrogens is 365 g/mol. The van der Waals surface area contributed by atoms with Crippen molar-refractivity contribution in [1.82, 2.24) is 20.1 Å². The second-order valence-corrected chi connectivity index (χ2v) is 6.17. The van der Waals surface area contributed by atoms with Crippen LogP contribution < -0.4 is 10.2 Å². The van der Waals surface area contributed by atoms with Gasteiger partial charge in [0, 0.05) is 18.0 Å². The van der Waals surface area contributed by atoms with Crippen molar-refractivity contribution in [2.24, 2.45) is 0 Å². The first-order valence-corrected chi connectivity index (χ1v) is 8.57. The third-order valence-corrected chi connectivity index (χ3v) is 4.34. The number of pyridine rings is 1. The number of aromatic nitrogens is 3. The summed E-state index contributed by atoms with van der Waals surface area (Å²) in [5.41, 5.74) is 2.12. The monoisotopic (exact) mass is 381 g/mol. The average molecular weight is 381 g/mol. The van der Waals surface area contributed by atoms with Crippen LogP contribution in [-0.2, 0) is 9.53 Å². The number of halogens is 1. The second kappa shape index (κ2) is 7.47. The van der Waals surface area contributed by atoms with Gasteiger partial charge in [0.25, 0.3) is 0 Å². The first-order chi connectivity index (χ1) is 13.7. The fourth-order valence-corrected chi connectivity index (χ4v) is 2.99. The Bertz CT molecular complexity index is 1010. The molecule has 0 aliphatic carbocycles. The Morgan fingerprint density at radius 3 is 2.96 bits per heavy atom. The van der Waals surface area contributed by atoms with Gasteiger partial charge in [0.15, 0.2) is 5.82 Å². The van der Waals surface area contributed by atoms with E-state index in [2.05, 4.69) is 15.4 Å². The molecule has 0 unspecified atom stereocenters. The van der Waals surface area contributed by atoms with Crippen LogP contribution in [0.25, 0.3) is 16.9 Å². The maximum absolute atomic E-state index is 14.7. The van der Waals surface area contributed by atoms with Gasteiger partial charge in [0.05, 0.1) is 30.7 Å². The third-order valence-electron chi connectivity index (χ3n) is 4.34. The zero-order valence-electron chi connectivity index (χ0n) is 14.7. The molecule has 28 heavy (non-hydrogen) atoms. The van der Waals surface area contributed by atoms with E-state index in [1.54, 1.807) is 30.7 Å². The highest BCUT2D eigenvalue weighted by Crippen LogP contribution is 2.26. The fraction of sp³-hybridized carbons (Fsp3) is 0.158. The van der Waals surface area contributed by atoms with Crippen LogP contribution in [0, 0.1) is 5.82 Å². The maximum atomic E-state index is 14.7. The quantitative estimate of drug-likeness (QED) is 0.661. The second-order valence-electron chi connectivity index (χ2n) is 6.17. The minimum absolute atomic E-state index is 0.204. The summed E-state index contributed by atoms with van der Waals surface area (Å²) >= 11 is 0. The summed E-state index contributed by atoms with van der Waals surface area (Å²) in [7, 11) is 0. The average Bonchev–Trinajstić information content (AvgIpc) is 3.34. The van der Waals surface area contributed by atoms with Crippen molar-refractivity contribution < 1.29 is 18.7 Å². The van der Waals surface area contributed by atoms with Crippen LogP contribution in [0.3, 0.4) is 0 Å². The largest absolute Gasteiger partial charge is 0.442 e. The molecule has 8 nitrogen and oxygen atoms in total. The number of anilines is 1. The molecule has 9 heteroatoms. The van der Waals surface area contributed by atoms with Gasteiger partial charge in [0.2, 0.25) is 6.41 Å². The van der Waals surface area contributed by atoms with Gasteiger partial charge < -0.3 is 10.1 Å². The first kappa shape index (κ1) is 17.7. The molecule has 0 radical (unpaired) electrons. The van der Waals surface area contributed by atoms with Crippen LogP contribution in [0.2, 0.25) is 0 Å². The number of nitrogens with zero attached hydrogens (tertiary/aromatic N) is 4. The highest BCUT2D eigenvalue weighted by Gasteiger charge is 2.32. The highest BCUT2D eigenvalue weighted by atomic mass is 19.1. The zero-order valence-corrected chi connectivity index (χ0v) is 14.7. The first-order valence-electron chi connectivity index (χ1n) is 8.57. The van der Waals surface area contributed by atoms with E-state index in [0.29, 0.717) is 12.1 Å². The number of cyclic esters (lactones) is 1. The molecule has 1 aliphatic rings. The molecule has 142 valence electrons. The van der Waals surface area contributed by atoms with Gasteiger partial charge >= 0.3 is 6.09 Å². The molecule has 3 aromatic rings. The van der Waals surface area contributed by atoms with Crippen molar-refractivity contribution in [2.75, 3.05) is 18.0 Å². The number of amides is 2. The Balaban J connectivity index is 1.55. The van der Waals surface area contributed by atoms with Crippen molar-refractivity contribution in [3.05, 3.63) is 60.8 Å². The molecule has 1 aromatic carbocycles. The summed E-state index contributed by atoms with van der Waals surface area (Å²) < 4.78 is 21.3. The molecule has 1 aliphatic heterocycles. The van der Waals surface area contributed by atoms with Crippen molar-refractivity contribution in [2.45, 2.75) is 6.10 Å². The van der Waals surface area contributed by atoms with E-state index in [0.717, 1.165) is 11.3 Å². The van der Waals surface area contributed by atoms with E-state index in [4.69, 9.17) is 4.74 Å². The Morgan fingerprint density at radius 1 is 1.32 bits per heavy atom. The summed E-state index contributed by atoms with van der Waals surface area (Å²) in [5, 5.41) is 6.67. The SMILES string of the molecule is O=CNC[C@H]1CN(c2ccc(-n3cc(-c4ccccn4)cn3)c(F)c2)C(=O)O1. The molecule has 2 amide bonds. The summed E-state index contributed by atoms with van der Waals surface area (Å²) in [4.78, 5) is 28.0. The molecule has 4 rings (SSSR count). The van der Waals surface area contributed by atoms with Gasteiger partial charge in [-0.25, -0.2) is 13.9 Å². The molecule has 0 spiro atoms. The van der Waals surface area contributed by atoms with Crippen molar-refractivity contribution in [1.29, 1.82) is 0 Å². The van der Waals surface area contributed by atoms with Gasteiger partial charge in [-0.1, -0.05) is 6.07 Å². The van der Waals surface area contributed by atoms with Gasteiger partial charge in [-0.3, -0.25) is 14.7 Å². The van der Waals surface area contributed by atoms with Crippen molar-refractivity contribution in [3.8, 4) is 16.9 Å². The van der Waals surface area contributed by atoms with Gasteiger partial charge in [0.1, 0.15) is 11.8 Å². The Labute approximate surface area is 159 Å². The molecule has 0 bridgehead atoms. The van der Waals surface area contributed by atoms with Crippen LogP contribution in [0.1, 0.15) is 0 Å². The molecular formula is C19H16FN5O3. The molecule has 1 saturated heterocycles. The van der Waals surface area contributed by atoms with E-state index in [9.17, 15) is 14.0 Å². The standard InChI is InChI=1S/C19H16FN5O3/c20-16-7-14(24-11-15(9-21-12-26)28-19(24)27)4-5-18(16)25-10-13(8-23-25)17-3-1-2-6-22-17/h1-8,10,12,15H,9,11H2,(H,21,26)/t15-/m0/s1. The maximum Gasteiger partial charge on any atom is 0.414 e. The molecule has 1 fully saturated rings. The Hall–Kier alpha value is -3.75. The van der Waals surface area contributed by atoms with Crippen LogP contribution in [0.5, 0.6) is 0 Å². The van der Waals surface area contributed by atoms with E-state index < -0.39 is 18.0 Å². The molecule has 0 saturated carbocycles. The number of nitrogens with one attached hydrogen (secondary N) is 1. The number of benzene rings is 1. The van der Waals surface area contributed by atoms with Crippen molar-refractivity contribution in [3.63, 3.8) is 0 Å². The Kier molecular flexibility index (Phi) is 4.71. The fourth-order valence-electron chi connectivity index (χ4n) is 2.99. The number of carbonyl (C=O) groups is 2. The van der Waals surface area contributed by atoms with E-state index in [-0.39, 0.29) is 18.8 Å². The van der Waals surface area contributed by atoms with Crippen LogP contribution in [-0.4, -0.2) is 46.5 Å². The van der Waals surface area contributed by atoms with E-state index in [1.807, 2.05) is 18.2 Å². The van der Waals surface area contributed by atoms with Crippen LogP contribution >= 0.6 is 0 Å². The van der Waals surface area contributed by atoms with Gasteiger partial charge in [-0.2, -0.15) is 5.10 Å². The molecule has 1 atom stereocenters. The minimum atomic E-state index is -0.582. The predicted molar refractivity (Wildman–Crippen MR) is 98.4 cm³/mol. The summed E-state index contributed by atoms with van der Waals surface area (Å²) in [6.45, 7) is 0.431. The lowest BCUT2D eigenvalue weighted by atomic mass is 10.2. The zero-order chi connectivity index (χ0) is 19.5. The van der Waals surface area contributed by atoms with Crippen molar-refractivity contribution >= 4 is 18.2 Å². The normalized spacial score (nSPS) is 16.1. The minimum Gasteiger partial charge on any atom is -0.442 e. The number of hydrogen-bond acceptors (Lipinski definition) is 5. The number of hydrogen-bond donors (Lipinski definition) is 1. The predicted octanol–water partition coefficient (Wildman–Crippen LogP) is 2.14. The van der Waals surface area contributed by atoms with Crippen LogP contribution in [0.15, 0.2) is 55.0 Å². The lowest BCUT2D eigenvalue weighted by Crippen LogP contribution is -2.30. The highest BCUT2D eigenvalue weighted by molar-refractivity contribution is 5.89. The Morgan fingerprint density at radius 2 is 2.21 bits per heavy atom. The molecule has 3 heterocycles. The lowest BCUT2D eigenvalue weighted by Gasteiger charge is -2.14.